The van der Waals surface area contributed by atoms with Crippen LogP contribution in [0, 0.1) is 5.92 Å². The first-order valence-corrected chi connectivity index (χ1v) is 13.1. The maximum Gasteiger partial charge on any atom is 0.244 e. The van der Waals surface area contributed by atoms with Gasteiger partial charge in [-0.3, -0.25) is 13.9 Å². The van der Waals surface area contributed by atoms with E-state index in [4.69, 9.17) is 16.3 Å². The summed E-state index contributed by atoms with van der Waals surface area (Å²) in [5.41, 5.74) is 1.04. The van der Waals surface area contributed by atoms with Crippen molar-refractivity contribution in [2.75, 3.05) is 30.8 Å². The third-order valence-electron chi connectivity index (χ3n) is 5.14. The summed E-state index contributed by atoms with van der Waals surface area (Å²) in [6, 6.07) is 12.5. The summed E-state index contributed by atoms with van der Waals surface area (Å²) in [4.78, 5) is 27.6. The Labute approximate surface area is 206 Å². The van der Waals surface area contributed by atoms with E-state index in [1.807, 2.05) is 13.8 Å². The third-order valence-corrected chi connectivity index (χ3v) is 6.51. The molecule has 0 aromatic heterocycles. The molecule has 0 bridgehead atoms. The first-order valence-electron chi connectivity index (χ1n) is 10.9. The van der Waals surface area contributed by atoms with Gasteiger partial charge in [0.1, 0.15) is 18.3 Å². The highest BCUT2D eigenvalue weighted by molar-refractivity contribution is 7.92. The fourth-order valence-electron chi connectivity index (χ4n) is 3.21. The molecule has 186 valence electrons. The summed E-state index contributed by atoms with van der Waals surface area (Å²) in [6.07, 6.45) is 1.02. The highest BCUT2D eigenvalue weighted by Gasteiger charge is 2.30. The van der Waals surface area contributed by atoms with Gasteiger partial charge in [0.2, 0.25) is 21.8 Å². The number of methoxy groups -OCH3 is 1. The third kappa shape index (κ3) is 7.92. The second kappa shape index (κ2) is 12.1. The molecule has 0 aliphatic heterocycles. The van der Waals surface area contributed by atoms with Gasteiger partial charge < -0.3 is 15.0 Å². The van der Waals surface area contributed by atoms with Gasteiger partial charge in [0.15, 0.2) is 0 Å². The lowest BCUT2D eigenvalue weighted by atomic mass is 10.1. The van der Waals surface area contributed by atoms with Crippen molar-refractivity contribution in [1.82, 2.24) is 10.2 Å². The van der Waals surface area contributed by atoms with E-state index in [1.54, 1.807) is 56.5 Å². The minimum Gasteiger partial charge on any atom is -0.497 e. The van der Waals surface area contributed by atoms with Crippen molar-refractivity contribution in [3.63, 3.8) is 0 Å². The standard InChI is InChI=1S/C24H32ClN3O5S/c1-17(2)14-26-24(30)18(3)27(15-19-9-11-22(33-4)12-10-19)23(29)16-28(34(5,31)32)21-8-6-7-20(25)13-21/h6-13,17-18H,14-16H2,1-5H3,(H,26,30)/t18-/m0/s1. The van der Waals surface area contributed by atoms with E-state index < -0.39 is 28.5 Å². The molecule has 0 fully saturated rings. The molecule has 8 nitrogen and oxygen atoms in total. The molecule has 0 saturated carbocycles. The van der Waals surface area contributed by atoms with E-state index in [-0.39, 0.29) is 24.1 Å². The molecule has 1 N–H and O–H groups in total. The van der Waals surface area contributed by atoms with Crippen molar-refractivity contribution in [2.24, 2.45) is 5.92 Å². The number of sulfonamides is 1. The van der Waals surface area contributed by atoms with Crippen molar-refractivity contribution in [3.05, 3.63) is 59.1 Å². The van der Waals surface area contributed by atoms with Crippen LogP contribution in [0.25, 0.3) is 0 Å². The number of amides is 2. The summed E-state index contributed by atoms with van der Waals surface area (Å²) in [5.74, 6) is 0.0663. The maximum atomic E-state index is 13.5. The first-order chi connectivity index (χ1) is 15.9. The molecule has 1 atom stereocenters. The Kier molecular flexibility index (Phi) is 9.76. The Hall–Kier alpha value is -2.78. The summed E-state index contributed by atoms with van der Waals surface area (Å²) >= 11 is 6.04. The van der Waals surface area contributed by atoms with E-state index in [0.29, 0.717) is 17.3 Å². The second-order valence-electron chi connectivity index (χ2n) is 8.43. The summed E-state index contributed by atoms with van der Waals surface area (Å²) in [7, 11) is -2.25. The maximum absolute atomic E-state index is 13.5. The van der Waals surface area contributed by atoms with Crippen LogP contribution >= 0.6 is 11.6 Å². The summed E-state index contributed by atoms with van der Waals surface area (Å²) < 4.78 is 31.2. The van der Waals surface area contributed by atoms with Crippen LogP contribution in [0.2, 0.25) is 5.02 Å². The number of ether oxygens (including phenoxy) is 1. The van der Waals surface area contributed by atoms with Crippen molar-refractivity contribution < 1.29 is 22.7 Å². The Morgan fingerprint density at radius 3 is 2.26 bits per heavy atom. The fraction of sp³-hybridized carbons (Fsp3) is 0.417. The second-order valence-corrected chi connectivity index (χ2v) is 10.8. The van der Waals surface area contributed by atoms with Crippen LogP contribution < -0.4 is 14.4 Å². The van der Waals surface area contributed by atoms with E-state index in [9.17, 15) is 18.0 Å². The predicted octanol–water partition coefficient (Wildman–Crippen LogP) is 3.30. The molecule has 0 heterocycles. The molecule has 0 spiro atoms. The highest BCUT2D eigenvalue weighted by Crippen LogP contribution is 2.23. The number of nitrogens with one attached hydrogen (secondary N) is 1. The number of anilines is 1. The highest BCUT2D eigenvalue weighted by atomic mass is 35.5. The lowest BCUT2D eigenvalue weighted by Gasteiger charge is -2.31. The zero-order chi connectivity index (χ0) is 25.5. The van der Waals surface area contributed by atoms with Gasteiger partial charge in [-0.05, 0) is 48.7 Å². The largest absolute Gasteiger partial charge is 0.497 e. The van der Waals surface area contributed by atoms with Crippen molar-refractivity contribution in [2.45, 2.75) is 33.4 Å². The van der Waals surface area contributed by atoms with Gasteiger partial charge in [0, 0.05) is 18.1 Å². The van der Waals surface area contributed by atoms with Crippen LogP contribution in [0.3, 0.4) is 0 Å². The lowest BCUT2D eigenvalue weighted by molar-refractivity contribution is -0.139. The molecule has 0 saturated heterocycles. The topological polar surface area (TPSA) is 96.0 Å². The van der Waals surface area contributed by atoms with Crippen LogP contribution in [-0.2, 0) is 26.2 Å². The number of hydrogen-bond donors (Lipinski definition) is 1. The van der Waals surface area contributed by atoms with Gasteiger partial charge in [-0.2, -0.15) is 0 Å². The number of nitrogens with zero attached hydrogens (tertiary/aromatic N) is 2. The number of rotatable bonds is 11. The van der Waals surface area contributed by atoms with E-state index in [1.165, 1.54) is 11.0 Å². The van der Waals surface area contributed by atoms with E-state index in [2.05, 4.69) is 5.32 Å². The number of halogens is 1. The Balaban J connectivity index is 2.36. The summed E-state index contributed by atoms with van der Waals surface area (Å²) in [6.45, 7) is 5.68. The average molecular weight is 510 g/mol. The van der Waals surface area contributed by atoms with Crippen LogP contribution in [0.4, 0.5) is 5.69 Å². The van der Waals surface area contributed by atoms with E-state index in [0.717, 1.165) is 16.1 Å². The van der Waals surface area contributed by atoms with E-state index >= 15 is 0 Å². The normalized spacial score (nSPS) is 12.2. The minimum atomic E-state index is -3.80. The Morgan fingerprint density at radius 1 is 1.09 bits per heavy atom. The quantitative estimate of drug-likeness (QED) is 0.501. The molecule has 0 aliphatic rings. The molecular formula is C24H32ClN3O5S. The predicted molar refractivity (Wildman–Crippen MR) is 134 cm³/mol. The van der Waals surface area contributed by atoms with Crippen LogP contribution in [0.1, 0.15) is 26.3 Å². The number of benzene rings is 2. The van der Waals surface area contributed by atoms with Crippen molar-refractivity contribution >= 4 is 39.1 Å². The smallest absolute Gasteiger partial charge is 0.244 e. The van der Waals surface area contributed by atoms with Gasteiger partial charge in [0.05, 0.1) is 19.1 Å². The summed E-state index contributed by atoms with van der Waals surface area (Å²) in [5, 5.41) is 3.18. The molecule has 0 aliphatic carbocycles. The average Bonchev–Trinajstić information content (AvgIpc) is 2.78. The molecular weight excluding hydrogens is 478 g/mol. The van der Waals surface area contributed by atoms with Crippen molar-refractivity contribution in [1.29, 1.82) is 0 Å². The number of carbonyl (C=O) groups excluding carboxylic acids is 2. The molecule has 2 aromatic carbocycles. The number of hydrogen-bond acceptors (Lipinski definition) is 5. The lowest BCUT2D eigenvalue weighted by Crippen LogP contribution is -2.51. The molecule has 2 rings (SSSR count). The van der Waals surface area contributed by atoms with Gasteiger partial charge in [-0.25, -0.2) is 8.42 Å². The minimum absolute atomic E-state index is 0.117. The molecule has 0 radical (unpaired) electrons. The fourth-order valence-corrected chi connectivity index (χ4v) is 4.23. The number of carbonyl (C=O) groups is 2. The Bertz CT molecular complexity index is 1090. The van der Waals surface area contributed by atoms with Crippen LogP contribution in [-0.4, -0.2) is 57.6 Å². The van der Waals surface area contributed by atoms with Crippen molar-refractivity contribution in [3.8, 4) is 5.75 Å². The zero-order valence-electron chi connectivity index (χ0n) is 20.1. The van der Waals surface area contributed by atoms with Gasteiger partial charge in [-0.15, -0.1) is 0 Å². The first kappa shape index (κ1) is 27.5. The Morgan fingerprint density at radius 2 is 1.74 bits per heavy atom. The molecule has 0 unspecified atom stereocenters. The molecule has 2 amide bonds. The monoisotopic (exact) mass is 509 g/mol. The van der Waals surface area contributed by atoms with Crippen LogP contribution in [0.15, 0.2) is 48.5 Å². The van der Waals surface area contributed by atoms with Gasteiger partial charge >= 0.3 is 0 Å². The van der Waals surface area contributed by atoms with Gasteiger partial charge in [-0.1, -0.05) is 43.6 Å². The molecule has 34 heavy (non-hydrogen) atoms. The van der Waals surface area contributed by atoms with Crippen LogP contribution in [0.5, 0.6) is 5.75 Å². The molecule has 10 heteroatoms. The molecule has 2 aromatic rings. The van der Waals surface area contributed by atoms with Gasteiger partial charge in [0.25, 0.3) is 0 Å². The SMILES string of the molecule is COc1ccc(CN(C(=O)CN(c2cccc(Cl)c2)S(C)(=O)=O)[C@@H](C)C(=O)NCC(C)C)cc1. The zero-order valence-corrected chi connectivity index (χ0v) is 21.7.